The molecule has 132 valence electrons. The summed E-state index contributed by atoms with van der Waals surface area (Å²) in [4.78, 5) is 26.9. The predicted molar refractivity (Wildman–Crippen MR) is 97.0 cm³/mol. The van der Waals surface area contributed by atoms with Crippen molar-refractivity contribution in [2.45, 2.75) is 58.4 Å². The molecule has 24 heavy (non-hydrogen) atoms. The van der Waals surface area contributed by atoms with Crippen LogP contribution in [0.4, 0.5) is 0 Å². The van der Waals surface area contributed by atoms with Crippen molar-refractivity contribution in [3.8, 4) is 0 Å². The van der Waals surface area contributed by atoms with Gasteiger partial charge in [-0.05, 0) is 37.7 Å². The summed E-state index contributed by atoms with van der Waals surface area (Å²) in [6.45, 7) is 11.1. The molecule has 2 N–H and O–H groups in total. The van der Waals surface area contributed by atoms with E-state index in [4.69, 9.17) is 5.73 Å². The molecule has 4 heteroatoms. The number of nitrogens with zero attached hydrogens (tertiary/aromatic N) is 1. The van der Waals surface area contributed by atoms with Gasteiger partial charge in [0.25, 0.3) is 0 Å². The first-order chi connectivity index (χ1) is 11.0. The number of nitrogens with two attached hydrogens (primary N) is 1. The Balaban J connectivity index is 2.11. The summed E-state index contributed by atoms with van der Waals surface area (Å²) in [5.74, 6) is -0.0867. The minimum absolute atomic E-state index is 0.0718. The highest BCUT2D eigenvalue weighted by atomic mass is 16.2. The van der Waals surface area contributed by atoms with Crippen LogP contribution in [0.5, 0.6) is 0 Å². The molecule has 1 atom stereocenters. The summed E-state index contributed by atoms with van der Waals surface area (Å²) in [5, 5.41) is 0. The summed E-state index contributed by atoms with van der Waals surface area (Å²) in [6, 6.07) is 7.89. The first-order valence-corrected chi connectivity index (χ1v) is 8.73. The summed E-state index contributed by atoms with van der Waals surface area (Å²) in [7, 11) is 0. The molecule has 0 bridgehead atoms. The lowest BCUT2D eigenvalue weighted by atomic mass is 9.84. The number of ketones is 1. The molecule has 4 nitrogen and oxygen atoms in total. The highest BCUT2D eigenvalue weighted by molar-refractivity contribution is 5.98. The van der Waals surface area contributed by atoms with Gasteiger partial charge in [-0.3, -0.25) is 9.59 Å². The molecule has 0 spiro atoms. The van der Waals surface area contributed by atoms with Crippen LogP contribution in [0.1, 0.15) is 63.4 Å². The molecule has 1 aromatic rings. The molecular weight excluding hydrogens is 300 g/mol. The quantitative estimate of drug-likeness (QED) is 0.866. The molecule has 0 aliphatic carbocycles. The fourth-order valence-electron chi connectivity index (χ4n) is 3.15. The van der Waals surface area contributed by atoms with Crippen molar-refractivity contribution in [1.82, 2.24) is 4.90 Å². The van der Waals surface area contributed by atoms with Crippen molar-refractivity contribution in [2.24, 2.45) is 11.7 Å². The molecule has 0 unspecified atom stereocenters. The van der Waals surface area contributed by atoms with Crippen molar-refractivity contribution >= 4 is 11.7 Å². The van der Waals surface area contributed by atoms with Gasteiger partial charge >= 0.3 is 0 Å². The maximum absolute atomic E-state index is 12.8. The number of Topliss-reactive ketones (excluding diaryl/α,β-unsaturated/α-hetero) is 1. The molecule has 1 fully saturated rings. The summed E-state index contributed by atoms with van der Waals surface area (Å²) in [6.07, 6.45) is 1.67. The Kier molecular flexibility index (Phi) is 5.19. The van der Waals surface area contributed by atoms with E-state index in [1.165, 1.54) is 5.56 Å². The lowest BCUT2D eigenvalue weighted by Gasteiger charge is -2.35. The van der Waals surface area contributed by atoms with Crippen molar-refractivity contribution in [3.05, 3.63) is 35.4 Å². The van der Waals surface area contributed by atoms with Gasteiger partial charge in [0, 0.05) is 24.6 Å². The average molecular weight is 330 g/mol. The van der Waals surface area contributed by atoms with Crippen LogP contribution in [0, 0.1) is 5.92 Å². The van der Waals surface area contributed by atoms with E-state index in [0.717, 1.165) is 18.4 Å². The van der Waals surface area contributed by atoms with E-state index in [1.54, 1.807) is 18.7 Å². The Bertz CT molecular complexity index is 606. The van der Waals surface area contributed by atoms with Crippen LogP contribution in [-0.4, -0.2) is 35.2 Å². The minimum atomic E-state index is -0.890. The van der Waals surface area contributed by atoms with Crippen molar-refractivity contribution in [1.29, 1.82) is 0 Å². The SMILES string of the molecule is CC(C)(N)C(=O)N1CCC[C@@H](C(=O)c2ccc(C(C)(C)C)cc2)C1. The molecule has 0 radical (unpaired) electrons. The molecule has 2 rings (SSSR count). The van der Waals surface area contributed by atoms with Crippen molar-refractivity contribution < 1.29 is 9.59 Å². The van der Waals surface area contributed by atoms with E-state index in [2.05, 4.69) is 20.8 Å². The van der Waals surface area contributed by atoms with Crippen LogP contribution in [-0.2, 0) is 10.2 Å². The second-order valence-corrected chi connectivity index (χ2v) is 8.50. The fraction of sp³-hybridized carbons (Fsp3) is 0.600. The number of likely N-dealkylation sites (tertiary alicyclic amines) is 1. The smallest absolute Gasteiger partial charge is 0.242 e. The molecule has 1 amide bonds. The van der Waals surface area contributed by atoms with Crippen LogP contribution >= 0.6 is 0 Å². The number of rotatable bonds is 3. The summed E-state index contributed by atoms with van der Waals surface area (Å²) in [5.41, 5.74) is 7.05. The number of carbonyl (C=O) groups excluding carboxylic acids is 2. The lowest BCUT2D eigenvalue weighted by Crippen LogP contribution is -2.54. The van der Waals surface area contributed by atoms with Crippen molar-refractivity contribution in [3.63, 3.8) is 0 Å². The zero-order valence-electron chi connectivity index (χ0n) is 15.6. The number of amides is 1. The standard InChI is InChI=1S/C20H30N2O2/c1-19(2,3)16-10-8-14(9-11-16)17(23)15-7-6-12-22(13-15)18(24)20(4,5)21/h8-11,15H,6-7,12-13,21H2,1-5H3/t15-/m1/s1. The number of piperidine rings is 1. The van der Waals surface area contributed by atoms with E-state index < -0.39 is 5.54 Å². The third kappa shape index (κ3) is 4.23. The molecule has 1 saturated heterocycles. The first-order valence-electron chi connectivity index (χ1n) is 8.73. The van der Waals surface area contributed by atoms with Crippen molar-refractivity contribution in [2.75, 3.05) is 13.1 Å². The number of hydrogen-bond donors (Lipinski definition) is 1. The van der Waals surface area contributed by atoms with Gasteiger partial charge in [-0.25, -0.2) is 0 Å². The van der Waals surface area contributed by atoms with Crippen LogP contribution in [0.3, 0.4) is 0 Å². The average Bonchev–Trinajstić information content (AvgIpc) is 2.52. The topological polar surface area (TPSA) is 63.4 Å². The zero-order chi connectivity index (χ0) is 18.1. The summed E-state index contributed by atoms with van der Waals surface area (Å²) >= 11 is 0. The zero-order valence-corrected chi connectivity index (χ0v) is 15.6. The predicted octanol–water partition coefficient (Wildman–Crippen LogP) is 3.14. The second-order valence-electron chi connectivity index (χ2n) is 8.50. The lowest BCUT2D eigenvalue weighted by molar-refractivity contribution is -0.137. The van der Waals surface area contributed by atoms with Crippen LogP contribution in [0.25, 0.3) is 0 Å². The third-order valence-electron chi connectivity index (χ3n) is 4.67. The molecule has 0 aromatic heterocycles. The molecule has 1 aromatic carbocycles. The van der Waals surface area contributed by atoms with Gasteiger partial charge in [-0.2, -0.15) is 0 Å². The Morgan fingerprint density at radius 2 is 1.67 bits per heavy atom. The number of benzene rings is 1. The third-order valence-corrected chi connectivity index (χ3v) is 4.67. The second kappa shape index (κ2) is 6.67. The molecule has 1 aliphatic rings. The van der Waals surface area contributed by atoms with Gasteiger partial charge in [-0.1, -0.05) is 45.0 Å². The van der Waals surface area contributed by atoms with E-state index in [-0.39, 0.29) is 23.0 Å². The highest BCUT2D eigenvalue weighted by Gasteiger charge is 2.34. The Labute approximate surface area is 145 Å². The van der Waals surface area contributed by atoms with Gasteiger partial charge in [0.15, 0.2) is 5.78 Å². The normalized spacial score (nSPS) is 19.2. The minimum Gasteiger partial charge on any atom is -0.340 e. The Morgan fingerprint density at radius 3 is 2.17 bits per heavy atom. The molecule has 1 aliphatic heterocycles. The van der Waals surface area contributed by atoms with Gasteiger partial charge in [0.05, 0.1) is 5.54 Å². The van der Waals surface area contributed by atoms with Crippen LogP contribution < -0.4 is 5.73 Å². The molecule has 1 heterocycles. The first kappa shape index (κ1) is 18.7. The van der Waals surface area contributed by atoms with E-state index in [1.807, 2.05) is 24.3 Å². The molecule has 0 saturated carbocycles. The van der Waals surface area contributed by atoms with Gasteiger partial charge in [0.2, 0.25) is 5.91 Å². The summed E-state index contributed by atoms with van der Waals surface area (Å²) < 4.78 is 0. The van der Waals surface area contributed by atoms with Gasteiger partial charge < -0.3 is 10.6 Å². The molecular formula is C20H30N2O2. The fourth-order valence-corrected chi connectivity index (χ4v) is 3.15. The van der Waals surface area contributed by atoms with E-state index in [0.29, 0.717) is 13.1 Å². The monoisotopic (exact) mass is 330 g/mol. The van der Waals surface area contributed by atoms with Gasteiger partial charge in [-0.15, -0.1) is 0 Å². The van der Waals surface area contributed by atoms with Gasteiger partial charge in [0.1, 0.15) is 0 Å². The number of hydrogen-bond acceptors (Lipinski definition) is 3. The van der Waals surface area contributed by atoms with Crippen LogP contribution in [0.2, 0.25) is 0 Å². The van der Waals surface area contributed by atoms with E-state index in [9.17, 15) is 9.59 Å². The Morgan fingerprint density at radius 1 is 1.08 bits per heavy atom. The van der Waals surface area contributed by atoms with E-state index >= 15 is 0 Å². The van der Waals surface area contributed by atoms with Crippen LogP contribution in [0.15, 0.2) is 24.3 Å². The maximum Gasteiger partial charge on any atom is 0.242 e. The Hall–Kier alpha value is -1.68. The number of carbonyl (C=O) groups is 2. The highest BCUT2D eigenvalue weighted by Crippen LogP contribution is 2.25. The maximum atomic E-state index is 12.8. The largest absolute Gasteiger partial charge is 0.340 e.